The number of fused-ring (bicyclic) bond motifs is 1. The number of hydrogen-bond donors (Lipinski definition) is 2. The van der Waals surface area contributed by atoms with E-state index in [1.54, 1.807) is 13.1 Å². The van der Waals surface area contributed by atoms with Crippen molar-refractivity contribution in [3.63, 3.8) is 0 Å². The van der Waals surface area contributed by atoms with Gasteiger partial charge in [-0.05, 0) is 43.4 Å². The molecule has 0 spiro atoms. The molecule has 0 saturated carbocycles. The van der Waals surface area contributed by atoms with Crippen molar-refractivity contribution in [2.24, 2.45) is 0 Å². The van der Waals surface area contributed by atoms with Gasteiger partial charge in [0.25, 0.3) is 5.91 Å². The lowest BCUT2D eigenvalue weighted by Gasteiger charge is -2.06. The Balaban J connectivity index is 1.79. The predicted octanol–water partition coefficient (Wildman–Crippen LogP) is 4.00. The van der Waals surface area contributed by atoms with E-state index < -0.39 is 4.92 Å². The number of nitrogens with zero attached hydrogens (tertiary/aromatic N) is 1. The van der Waals surface area contributed by atoms with E-state index in [0.717, 1.165) is 49.0 Å². The van der Waals surface area contributed by atoms with Gasteiger partial charge in [0.15, 0.2) is 0 Å². The highest BCUT2D eigenvalue weighted by atomic mass is 32.1. The minimum atomic E-state index is -0.462. The van der Waals surface area contributed by atoms with Gasteiger partial charge in [-0.25, -0.2) is 0 Å². The third-order valence-electron chi connectivity index (χ3n) is 4.30. The Kier molecular flexibility index (Phi) is 6.02. The van der Waals surface area contributed by atoms with E-state index in [2.05, 4.69) is 10.6 Å². The van der Waals surface area contributed by atoms with Crippen LogP contribution < -0.4 is 10.6 Å². The average molecular weight is 406 g/mol. The van der Waals surface area contributed by atoms with Crippen LogP contribution in [0.15, 0.2) is 18.2 Å². The summed E-state index contributed by atoms with van der Waals surface area (Å²) in [5.41, 5.74) is 1.61. The van der Waals surface area contributed by atoms with Crippen molar-refractivity contribution >= 4 is 50.6 Å². The molecule has 0 bridgehead atoms. The van der Waals surface area contributed by atoms with Gasteiger partial charge in [-0.1, -0.05) is 17.8 Å². The summed E-state index contributed by atoms with van der Waals surface area (Å²) in [6.45, 7) is 0. The monoisotopic (exact) mass is 405 g/mol. The Labute approximate surface area is 164 Å². The van der Waals surface area contributed by atoms with Gasteiger partial charge in [-0.15, -0.1) is 11.3 Å². The zero-order chi connectivity index (χ0) is 19.4. The molecule has 2 aromatic rings. The van der Waals surface area contributed by atoms with E-state index >= 15 is 0 Å². The van der Waals surface area contributed by atoms with Gasteiger partial charge < -0.3 is 10.6 Å². The molecule has 9 heteroatoms. The lowest BCUT2D eigenvalue weighted by atomic mass is 10.0. The molecule has 0 fully saturated rings. The van der Waals surface area contributed by atoms with Gasteiger partial charge >= 0.3 is 5.00 Å². The molecule has 0 aliphatic heterocycles. The van der Waals surface area contributed by atoms with Crippen molar-refractivity contribution in [3.8, 4) is 0 Å². The Morgan fingerprint density at radius 3 is 2.67 bits per heavy atom. The fraction of sp³-hybridized carbons (Fsp3) is 0.333. The number of amides is 2. The molecular formula is C18H19N3O4S2. The largest absolute Gasteiger partial charge is 0.355 e. The first kappa shape index (κ1) is 19.2. The Morgan fingerprint density at radius 1 is 1.19 bits per heavy atom. The minimum Gasteiger partial charge on any atom is -0.355 e. The normalized spacial score (nSPS) is 13.8. The SMILES string of the molecule is CNC(=O)c1c(NC(=O)/C=C/c2ccc([N+](=O)[O-])s2)sc2c1CCCCC2. The first-order valence-corrected chi connectivity index (χ1v) is 10.2. The molecule has 2 heterocycles. The molecule has 0 unspecified atom stereocenters. The number of carbonyl (C=O) groups excluding carboxylic acids is 2. The van der Waals surface area contributed by atoms with Crippen LogP contribution >= 0.6 is 22.7 Å². The van der Waals surface area contributed by atoms with Crippen molar-refractivity contribution in [2.45, 2.75) is 32.1 Å². The zero-order valence-corrected chi connectivity index (χ0v) is 16.4. The van der Waals surface area contributed by atoms with E-state index in [0.29, 0.717) is 15.4 Å². The Bertz CT molecular complexity index is 914. The number of aryl methyl sites for hydroxylation is 1. The highest BCUT2D eigenvalue weighted by Crippen LogP contribution is 2.37. The van der Waals surface area contributed by atoms with Gasteiger partial charge in [-0.2, -0.15) is 0 Å². The molecule has 3 rings (SSSR count). The summed E-state index contributed by atoms with van der Waals surface area (Å²) >= 11 is 2.46. The van der Waals surface area contributed by atoms with Crippen LogP contribution in [0.3, 0.4) is 0 Å². The molecule has 0 aromatic carbocycles. The fourth-order valence-corrected chi connectivity index (χ4v) is 5.05. The molecule has 27 heavy (non-hydrogen) atoms. The van der Waals surface area contributed by atoms with Crippen molar-refractivity contribution in [3.05, 3.63) is 49.2 Å². The number of carbonyl (C=O) groups is 2. The molecule has 0 atom stereocenters. The molecule has 142 valence electrons. The van der Waals surface area contributed by atoms with Crippen LogP contribution in [-0.4, -0.2) is 23.8 Å². The maximum absolute atomic E-state index is 12.4. The smallest absolute Gasteiger partial charge is 0.324 e. The van der Waals surface area contributed by atoms with E-state index in [-0.39, 0.29) is 16.8 Å². The number of anilines is 1. The molecular weight excluding hydrogens is 386 g/mol. The lowest BCUT2D eigenvalue weighted by Crippen LogP contribution is -2.21. The van der Waals surface area contributed by atoms with Crippen LogP contribution in [0.1, 0.15) is 44.9 Å². The van der Waals surface area contributed by atoms with Crippen LogP contribution in [0.5, 0.6) is 0 Å². The highest BCUT2D eigenvalue weighted by Gasteiger charge is 2.24. The Hall–Kier alpha value is -2.52. The predicted molar refractivity (Wildman–Crippen MR) is 108 cm³/mol. The van der Waals surface area contributed by atoms with E-state index in [1.807, 2.05) is 0 Å². The molecule has 2 aromatic heterocycles. The first-order chi connectivity index (χ1) is 13.0. The molecule has 1 aliphatic carbocycles. The fourth-order valence-electron chi connectivity index (χ4n) is 3.04. The van der Waals surface area contributed by atoms with E-state index in [4.69, 9.17) is 0 Å². The molecule has 7 nitrogen and oxygen atoms in total. The number of nitro groups is 1. The number of nitrogens with one attached hydrogen (secondary N) is 2. The third-order valence-corrected chi connectivity index (χ3v) is 6.51. The van der Waals surface area contributed by atoms with Crippen molar-refractivity contribution in [2.75, 3.05) is 12.4 Å². The van der Waals surface area contributed by atoms with E-state index in [1.165, 1.54) is 34.4 Å². The maximum atomic E-state index is 12.4. The first-order valence-electron chi connectivity index (χ1n) is 8.59. The molecule has 0 radical (unpaired) electrons. The molecule has 0 saturated heterocycles. The van der Waals surface area contributed by atoms with Crippen LogP contribution in [0.2, 0.25) is 0 Å². The van der Waals surface area contributed by atoms with Crippen molar-refractivity contribution in [1.82, 2.24) is 5.32 Å². The van der Waals surface area contributed by atoms with Crippen LogP contribution in [0, 0.1) is 10.1 Å². The summed E-state index contributed by atoms with van der Waals surface area (Å²) in [4.78, 5) is 36.7. The van der Waals surface area contributed by atoms with Gasteiger partial charge in [0.05, 0.1) is 10.5 Å². The summed E-state index contributed by atoms with van der Waals surface area (Å²) in [5.74, 6) is -0.560. The number of rotatable bonds is 5. The second kappa shape index (κ2) is 8.45. The lowest BCUT2D eigenvalue weighted by molar-refractivity contribution is -0.380. The van der Waals surface area contributed by atoms with Gasteiger partial charge in [0.1, 0.15) is 5.00 Å². The maximum Gasteiger partial charge on any atom is 0.324 e. The van der Waals surface area contributed by atoms with Crippen LogP contribution in [-0.2, 0) is 17.6 Å². The second-order valence-electron chi connectivity index (χ2n) is 6.10. The summed E-state index contributed by atoms with van der Waals surface area (Å²) in [5, 5.41) is 16.8. The summed E-state index contributed by atoms with van der Waals surface area (Å²) in [6, 6.07) is 3.00. The van der Waals surface area contributed by atoms with Gasteiger partial charge in [0, 0.05) is 28.9 Å². The number of thiophene rings is 2. The molecule has 2 amide bonds. The quantitative estimate of drug-likeness (QED) is 0.340. The summed E-state index contributed by atoms with van der Waals surface area (Å²) < 4.78 is 0. The molecule has 2 N–H and O–H groups in total. The second-order valence-corrected chi connectivity index (χ2v) is 8.30. The summed E-state index contributed by atoms with van der Waals surface area (Å²) in [6.07, 6.45) is 7.91. The molecule has 1 aliphatic rings. The van der Waals surface area contributed by atoms with Gasteiger partial charge in [0.2, 0.25) is 5.91 Å². The van der Waals surface area contributed by atoms with Crippen LogP contribution in [0.25, 0.3) is 6.08 Å². The topological polar surface area (TPSA) is 101 Å². The van der Waals surface area contributed by atoms with Crippen LogP contribution in [0.4, 0.5) is 10.0 Å². The average Bonchev–Trinajstić information content (AvgIpc) is 3.18. The van der Waals surface area contributed by atoms with Crippen molar-refractivity contribution < 1.29 is 14.5 Å². The standard InChI is InChI=1S/C18H19N3O4S2/c1-19-17(23)16-12-5-3-2-4-6-13(12)27-18(16)20-14(22)9-7-11-8-10-15(26-11)21(24)25/h7-10H,2-6H2,1H3,(H,19,23)(H,20,22)/b9-7+. The zero-order valence-electron chi connectivity index (χ0n) is 14.7. The summed E-state index contributed by atoms with van der Waals surface area (Å²) in [7, 11) is 1.58. The third kappa shape index (κ3) is 4.42. The van der Waals surface area contributed by atoms with Gasteiger partial charge in [-0.3, -0.25) is 19.7 Å². The number of hydrogen-bond acceptors (Lipinski definition) is 6. The van der Waals surface area contributed by atoms with E-state index in [9.17, 15) is 19.7 Å². The van der Waals surface area contributed by atoms with Crippen molar-refractivity contribution in [1.29, 1.82) is 0 Å². The minimum absolute atomic E-state index is 0.0268. The Morgan fingerprint density at radius 2 is 1.96 bits per heavy atom. The highest BCUT2D eigenvalue weighted by molar-refractivity contribution is 7.17.